The van der Waals surface area contributed by atoms with E-state index in [0.717, 1.165) is 5.56 Å². The lowest BCUT2D eigenvalue weighted by molar-refractivity contribution is 0.101. The first-order valence-corrected chi connectivity index (χ1v) is 8.23. The number of carbonyl (C=O) groups is 1. The number of hydrogen-bond donors (Lipinski definition) is 1. The van der Waals surface area contributed by atoms with Gasteiger partial charge >= 0.3 is 0 Å². The van der Waals surface area contributed by atoms with Crippen molar-refractivity contribution in [2.24, 2.45) is 0 Å². The van der Waals surface area contributed by atoms with Crippen LogP contribution in [0, 0.1) is 6.92 Å². The van der Waals surface area contributed by atoms with Gasteiger partial charge in [0.05, 0.1) is 31.7 Å². The topological polar surface area (TPSA) is 82.5 Å². The van der Waals surface area contributed by atoms with E-state index in [2.05, 4.69) is 10.4 Å². The Morgan fingerprint density at radius 3 is 2.33 bits per heavy atom. The maximum atomic E-state index is 12.8. The first-order chi connectivity index (χ1) is 13.0. The molecule has 1 heterocycles. The average molecular weight is 365 g/mol. The summed E-state index contributed by atoms with van der Waals surface area (Å²) in [6.45, 7) is 1.94. The Labute approximate surface area is 156 Å². The van der Waals surface area contributed by atoms with Crippen molar-refractivity contribution in [3.05, 3.63) is 76.2 Å². The Morgan fingerprint density at radius 1 is 1.00 bits per heavy atom. The van der Waals surface area contributed by atoms with Gasteiger partial charge < -0.3 is 14.8 Å². The number of methoxy groups -OCH3 is 2. The van der Waals surface area contributed by atoms with Crippen molar-refractivity contribution in [1.82, 2.24) is 9.78 Å². The summed E-state index contributed by atoms with van der Waals surface area (Å²) in [5.41, 5.74) is 1.68. The smallest absolute Gasteiger partial charge is 0.280 e. The molecule has 2 aromatic carbocycles. The zero-order valence-corrected chi connectivity index (χ0v) is 15.2. The zero-order chi connectivity index (χ0) is 19.4. The summed E-state index contributed by atoms with van der Waals surface area (Å²) < 4.78 is 11.6. The molecule has 7 nitrogen and oxygen atoms in total. The monoisotopic (exact) mass is 365 g/mol. The molecule has 0 atom stereocenters. The highest BCUT2D eigenvalue weighted by atomic mass is 16.5. The lowest BCUT2D eigenvalue weighted by Gasteiger charge is -2.13. The molecule has 1 aromatic heterocycles. The standard InChI is InChI=1S/C20H19N3O4/c1-13-8-10-14(11-9-13)23-18(24)12-17(27-3)19(22-23)20(25)21-15-6-4-5-7-16(15)26-2/h4-12H,1-3H3,(H,21,25). The number of nitrogens with one attached hydrogen (secondary N) is 1. The van der Waals surface area contributed by atoms with Crippen molar-refractivity contribution >= 4 is 11.6 Å². The van der Waals surface area contributed by atoms with E-state index in [1.165, 1.54) is 25.0 Å². The third kappa shape index (κ3) is 3.82. The molecule has 0 saturated carbocycles. The molecule has 0 fully saturated rings. The number of carbonyl (C=O) groups excluding carboxylic acids is 1. The van der Waals surface area contributed by atoms with Gasteiger partial charge in [-0.2, -0.15) is 9.78 Å². The van der Waals surface area contributed by atoms with E-state index < -0.39 is 11.5 Å². The van der Waals surface area contributed by atoms with E-state index in [1.54, 1.807) is 36.4 Å². The van der Waals surface area contributed by atoms with Crippen LogP contribution >= 0.6 is 0 Å². The van der Waals surface area contributed by atoms with Crippen LogP contribution in [0.2, 0.25) is 0 Å². The van der Waals surface area contributed by atoms with Crippen molar-refractivity contribution < 1.29 is 14.3 Å². The molecular weight excluding hydrogens is 346 g/mol. The number of ether oxygens (including phenoxy) is 2. The predicted molar refractivity (Wildman–Crippen MR) is 102 cm³/mol. The van der Waals surface area contributed by atoms with E-state index in [-0.39, 0.29) is 11.4 Å². The number of rotatable bonds is 5. The fourth-order valence-electron chi connectivity index (χ4n) is 2.55. The minimum atomic E-state index is -0.516. The Hall–Kier alpha value is -3.61. The summed E-state index contributed by atoms with van der Waals surface area (Å²) in [5.74, 6) is 0.0876. The Morgan fingerprint density at radius 2 is 1.67 bits per heavy atom. The van der Waals surface area contributed by atoms with Gasteiger partial charge in [0, 0.05) is 0 Å². The van der Waals surface area contributed by atoms with Crippen molar-refractivity contribution in [1.29, 1.82) is 0 Å². The van der Waals surface area contributed by atoms with Crippen molar-refractivity contribution in [2.45, 2.75) is 6.92 Å². The van der Waals surface area contributed by atoms with Crippen LogP contribution in [0.15, 0.2) is 59.4 Å². The molecule has 0 unspecified atom stereocenters. The normalized spacial score (nSPS) is 10.3. The quantitative estimate of drug-likeness (QED) is 0.752. The summed E-state index contributed by atoms with van der Waals surface area (Å²) in [6.07, 6.45) is 0. The van der Waals surface area contributed by atoms with Crippen LogP contribution in [-0.4, -0.2) is 29.9 Å². The molecule has 0 aliphatic carbocycles. The fraction of sp³-hybridized carbons (Fsp3) is 0.150. The van der Waals surface area contributed by atoms with Crippen molar-refractivity contribution in [3.8, 4) is 17.2 Å². The van der Waals surface area contributed by atoms with Crippen molar-refractivity contribution in [3.63, 3.8) is 0 Å². The van der Waals surface area contributed by atoms with Gasteiger partial charge in [-0.15, -0.1) is 0 Å². The number of anilines is 1. The molecule has 0 aliphatic heterocycles. The molecule has 27 heavy (non-hydrogen) atoms. The largest absolute Gasteiger partial charge is 0.495 e. The average Bonchev–Trinajstić information content (AvgIpc) is 2.68. The third-order valence-electron chi connectivity index (χ3n) is 3.97. The maximum absolute atomic E-state index is 12.8. The molecule has 1 N–H and O–H groups in total. The van der Waals surface area contributed by atoms with Gasteiger partial charge in [-0.3, -0.25) is 9.59 Å². The molecule has 0 saturated heterocycles. The van der Waals surface area contributed by atoms with Gasteiger partial charge in [-0.1, -0.05) is 29.8 Å². The summed E-state index contributed by atoms with van der Waals surface area (Å²) in [5, 5.41) is 6.96. The predicted octanol–water partition coefficient (Wildman–Crippen LogP) is 2.81. The molecule has 3 aromatic rings. The van der Waals surface area contributed by atoms with Crippen LogP contribution < -0.4 is 20.3 Å². The zero-order valence-electron chi connectivity index (χ0n) is 15.2. The molecule has 0 bridgehead atoms. The number of hydrogen-bond acceptors (Lipinski definition) is 5. The molecule has 3 rings (SSSR count). The maximum Gasteiger partial charge on any atom is 0.280 e. The fourth-order valence-corrected chi connectivity index (χ4v) is 2.55. The third-order valence-corrected chi connectivity index (χ3v) is 3.97. The highest BCUT2D eigenvalue weighted by Crippen LogP contribution is 2.24. The highest BCUT2D eigenvalue weighted by molar-refractivity contribution is 6.05. The first kappa shape index (κ1) is 18.2. The molecular formula is C20H19N3O4. The van der Waals surface area contributed by atoms with Gasteiger partial charge in [0.1, 0.15) is 5.75 Å². The van der Waals surface area contributed by atoms with E-state index in [9.17, 15) is 9.59 Å². The van der Waals surface area contributed by atoms with Crippen molar-refractivity contribution in [2.75, 3.05) is 19.5 Å². The highest BCUT2D eigenvalue weighted by Gasteiger charge is 2.19. The van der Waals surface area contributed by atoms with Gasteiger partial charge in [-0.05, 0) is 31.2 Å². The summed E-state index contributed by atoms with van der Waals surface area (Å²) in [6, 6.07) is 15.5. The van der Waals surface area contributed by atoms with Crippen LogP contribution in [0.25, 0.3) is 5.69 Å². The van der Waals surface area contributed by atoms with E-state index in [4.69, 9.17) is 9.47 Å². The van der Waals surface area contributed by atoms with Crippen LogP contribution in [0.4, 0.5) is 5.69 Å². The molecule has 138 valence electrons. The summed E-state index contributed by atoms with van der Waals surface area (Å²) >= 11 is 0. The second-order valence-electron chi connectivity index (χ2n) is 5.80. The number of aromatic nitrogens is 2. The summed E-state index contributed by atoms with van der Waals surface area (Å²) in [7, 11) is 2.90. The van der Waals surface area contributed by atoms with Crippen LogP contribution in [0.3, 0.4) is 0 Å². The number of nitrogens with zero attached hydrogens (tertiary/aromatic N) is 2. The van der Waals surface area contributed by atoms with E-state index in [1.807, 2.05) is 19.1 Å². The Bertz CT molecular complexity index is 1030. The molecule has 1 amide bonds. The van der Waals surface area contributed by atoms with Crippen LogP contribution in [-0.2, 0) is 0 Å². The number of para-hydroxylation sites is 2. The van der Waals surface area contributed by atoms with Crippen LogP contribution in [0.5, 0.6) is 11.5 Å². The van der Waals surface area contributed by atoms with E-state index >= 15 is 0 Å². The van der Waals surface area contributed by atoms with Gasteiger partial charge in [0.2, 0.25) is 0 Å². The van der Waals surface area contributed by atoms with Crippen LogP contribution in [0.1, 0.15) is 16.1 Å². The molecule has 7 heteroatoms. The first-order valence-electron chi connectivity index (χ1n) is 8.23. The minimum Gasteiger partial charge on any atom is -0.495 e. The molecule has 0 spiro atoms. The Balaban J connectivity index is 2.03. The second kappa shape index (κ2) is 7.74. The SMILES string of the molecule is COc1ccccc1NC(=O)c1nn(-c2ccc(C)cc2)c(=O)cc1OC. The Kier molecular flexibility index (Phi) is 5.21. The van der Waals surface area contributed by atoms with Gasteiger partial charge in [0.15, 0.2) is 11.4 Å². The number of aryl methyl sites for hydroxylation is 1. The van der Waals surface area contributed by atoms with E-state index in [0.29, 0.717) is 17.1 Å². The lowest BCUT2D eigenvalue weighted by atomic mass is 10.2. The summed E-state index contributed by atoms with van der Waals surface area (Å²) in [4.78, 5) is 25.2. The number of benzene rings is 2. The lowest BCUT2D eigenvalue weighted by Crippen LogP contribution is -2.26. The van der Waals surface area contributed by atoms with Gasteiger partial charge in [0.25, 0.3) is 11.5 Å². The molecule has 0 aliphatic rings. The minimum absolute atomic E-state index is 0.0106. The van der Waals surface area contributed by atoms with Gasteiger partial charge in [-0.25, -0.2) is 0 Å². The molecule has 0 radical (unpaired) electrons. The number of amides is 1. The second-order valence-corrected chi connectivity index (χ2v) is 5.80.